The van der Waals surface area contributed by atoms with E-state index in [4.69, 9.17) is 5.11 Å². The third-order valence-corrected chi connectivity index (χ3v) is 3.50. The molecule has 0 spiro atoms. The number of urea groups is 1. The molecule has 2 rings (SSSR count). The summed E-state index contributed by atoms with van der Waals surface area (Å²) in [7, 11) is 1.54. The zero-order chi connectivity index (χ0) is 18.2. The van der Waals surface area contributed by atoms with Gasteiger partial charge in [0, 0.05) is 7.05 Å². The van der Waals surface area contributed by atoms with Crippen LogP contribution in [0.15, 0.2) is 60.2 Å². The third kappa shape index (κ3) is 5.04. The average molecular weight is 337 g/mol. The van der Waals surface area contributed by atoms with Gasteiger partial charge in [-0.2, -0.15) is 5.10 Å². The van der Waals surface area contributed by atoms with Crippen LogP contribution in [-0.4, -0.2) is 35.4 Å². The van der Waals surface area contributed by atoms with Crippen molar-refractivity contribution in [2.45, 2.75) is 6.54 Å². The molecule has 0 saturated carbocycles. The number of carbonyl (C=O) groups is 2. The molecular formula is C19H19N3O3. The molecule has 0 aliphatic carbocycles. The minimum absolute atomic E-state index is 0.197. The van der Waals surface area contributed by atoms with Crippen LogP contribution in [0, 0.1) is 0 Å². The van der Waals surface area contributed by atoms with Crippen molar-refractivity contribution in [1.82, 2.24) is 10.3 Å². The maximum absolute atomic E-state index is 12.0. The molecule has 25 heavy (non-hydrogen) atoms. The quantitative estimate of drug-likeness (QED) is 0.627. The van der Waals surface area contributed by atoms with Crippen molar-refractivity contribution in [3.8, 4) is 0 Å². The lowest BCUT2D eigenvalue weighted by molar-refractivity contribution is 0.0697. The van der Waals surface area contributed by atoms with E-state index < -0.39 is 5.97 Å². The Labute approximate surface area is 146 Å². The Morgan fingerprint density at radius 2 is 1.72 bits per heavy atom. The van der Waals surface area contributed by atoms with Crippen LogP contribution in [0.2, 0.25) is 0 Å². The lowest BCUT2D eigenvalue weighted by Gasteiger charge is -2.16. The first kappa shape index (κ1) is 17.9. The normalized spacial score (nSPS) is 10.4. The SMILES string of the molecule is C=Cc1ccc(CN(N=Cc2ccc(C(=O)O)cc2)C(=O)NC)cc1. The molecule has 0 saturated heterocycles. The van der Waals surface area contributed by atoms with Crippen LogP contribution < -0.4 is 5.32 Å². The first-order valence-electron chi connectivity index (χ1n) is 7.61. The van der Waals surface area contributed by atoms with Gasteiger partial charge in [-0.05, 0) is 28.8 Å². The van der Waals surface area contributed by atoms with Crippen LogP contribution in [-0.2, 0) is 6.54 Å². The van der Waals surface area contributed by atoms with Gasteiger partial charge >= 0.3 is 12.0 Å². The van der Waals surface area contributed by atoms with Crippen molar-refractivity contribution < 1.29 is 14.7 Å². The molecule has 0 unspecified atom stereocenters. The number of carbonyl (C=O) groups excluding carboxylic acids is 1. The standard InChI is InChI=1S/C19H19N3O3/c1-3-14-4-6-16(7-5-14)13-22(19(25)20-2)21-12-15-8-10-17(11-9-15)18(23)24/h3-12H,1,13H2,2H3,(H,20,25)(H,23,24). The number of amides is 2. The Balaban J connectivity index is 2.14. The molecule has 2 N–H and O–H groups in total. The fraction of sp³-hybridized carbons (Fsp3) is 0.105. The summed E-state index contributed by atoms with van der Waals surface area (Å²) in [6, 6.07) is 13.5. The molecule has 0 radical (unpaired) electrons. The predicted octanol–water partition coefficient (Wildman–Crippen LogP) is 3.20. The fourth-order valence-corrected chi connectivity index (χ4v) is 2.07. The number of hydrogen-bond acceptors (Lipinski definition) is 3. The molecule has 128 valence electrons. The van der Waals surface area contributed by atoms with E-state index >= 15 is 0 Å². The van der Waals surface area contributed by atoms with Gasteiger partial charge in [-0.15, -0.1) is 0 Å². The van der Waals surface area contributed by atoms with Crippen molar-refractivity contribution in [2.75, 3.05) is 7.05 Å². The van der Waals surface area contributed by atoms with Crippen molar-refractivity contribution in [3.63, 3.8) is 0 Å². The number of nitrogens with one attached hydrogen (secondary N) is 1. The zero-order valence-corrected chi connectivity index (χ0v) is 13.8. The Morgan fingerprint density at radius 3 is 2.24 bits per heavy atom. The van der Waals surface area contributed by atoms with Crippen molar-refractivity contribution in [3.05, 3.63) is 77.4 Å². The van der Waals surface area contributed by atoms with Crippen LogP contribution >= 0.6 is 0 Å². The lowest BCUT2D eigenvalue weighted by Crippen LogP contribution is -2.33. The van der Waals surface area contributed by atoms with E-state index in [0.29, 0.717) is 12.1 Å². The maximum Gasteiger partial charge on any atom is 0.337 e. The molecule has 0 fully saturated rings. The first-order valence-corrected chi connectivity index (χ1v) is 7.61. The van der Waals surface area contributed by atoms with E-state index in [0.717, 1.165) is 11.1 Å². The number of aromatic carboxylic acids is 1. The first-order chi connectivity index (χ1) is 12.0. The van der Waals surface area contributed by atoms with Crippen molar-refractivity contribution in [1.29, 1.82) is 0 Å². The predicted molar refractivity (Wildman–Crippen MR) is 97.5 cm³/mol. The molecular weight excluding hydrogens is 318 g/mol. The topological polar surface area (TPSA) is 82.0 Å². The van der Waals surface area contributed by atoms with E-state index in [1.807, 2.05) is 24.3 Å². The van der Waals surface area contributed by atoms with Crippen molar-refractivity contribution >= 4 is 24.3 Å². The van der Waals surface area contributed by atoms with E-state index in [1.165, 1.54) is 30.4 Å². The van der Waals surface area contributed by atoms with Gasteiger partial charge in [0.2, 0.25) is 0 Å². The van der Waals surface area contributed by atoms with E-state index in [2.05, 4.69) is 17.0 Å². The highest BCUT2D eigenvalue weighted by Gasteiger charge is 2.11. The van der Waals surface area contributed by atoms with Crippen LogP contribution in [0.3, 0.4) is 0 Å². The molecule has 0 heterocycles. The summed E-state index contributed by atoms with van der Waals surface area (Å²) >= 11 is 0. The highest BCUT2D eigenvalue weighted by molar-refractivity contribution is 5.89. The third-order valence-electron chi connectivity index (χ3n) is 3.50. The molecule has 0 atom stereocenters. The molecule has 6 heteroatoms. The Kier molecular flexibility index (Phi) is 6.06. The molecule has 0 bridgehead atoms. The lowest BCUT2D eigenvalue weighted by atomic mass is 10.1. The minimum Gasteiger partial charge on any atom is -0.478 e. The van der Waals surface area contributed by atoms with Gasteiger partial charge in [0.1, 0.15) is 0 Å². The minimum atomic E-state index is -0.988. The molecule has 0 aliphatic heterocycles. The Hall–Kier alpha value is -3.41. The van der Waals surface area contributed by atoms with E-state index in [9.17, 15) is 9.59 Å². The number of carboxylic acid groups (broad SMARTS) is 1. The molecule has 0 aliphatic rings. The summed E-state index contributed by atoms with van der Waals surface area (Å²) in [5, 5.41) is 17.0. The molecule has 2 amide bonds. The van der Waals surface area contributed by atoms with Crippen LogP contribution in [0.4, 0.5) is 4.79 Å². The number of benzene rings is 2. The zero-order valence-electron chi connectivity index (χ0n) is 13.8. The van der Waals surface area contributed by atoms with Gasteiger partial charge in [0.05, 0.1) is 18.3 Å². The van der Waals surface area contributed by atoms with E-state index in [1.54, 1.807) is 18.2 Å². The van der Waals surface area contributed by atoms with E-state index in [-0.39, 0.29) is 11.6 Å². The fourth-order valence-electron chi connectivity index (χ4n) is 2.07. The summed E-state index contributed by atoms with van der Waals surface area (Å²) in [6.45, 7) is 4.01. The largest absolute Gasteiger partial charge is 0.478 e. The molecule has 2 aromatic carbocycles. The molecule has 6 nitrogen and oxygen atoms in total. The average Bonchev–Trinajstić information content (AvgIpc) is 2.65. The highest BCUT2D eigenvalue weighted by Crippen LogP contribution is 2.10. The second kappa shape index (κ2) is 8.44. The summed E-state index contributed by atoms with van der Waals surface area (Å²) < 4.78 is 0. The van der Waals surface area contributed by atoms with Crippen LogP contribution in [0.1, 0.15) is 27.0 Å². The van der Waals surface area contributed by atoms with Crippen LogP contribution in [0.5, 0.6) is 0 Å². The number of nitrogens with zero attached hydrogens (tertiary/aromatic N) is 2. The van der Waals surface area contributed by atoms with Gasteiger partial charge in [0.15, 0.2) is 0 Å². The second-order valence-electron chi connectivity index (χ2n) is 5.23. The van der Waals surface area contributed by atoms with Gasteiger partial charge in [-0.3, -0.25) is 0 Å². The van der Waals surface area contributed by atoms with Gasteiger partial charge < -0.3 is 10.4 Å². The van der Waals surface area contributed by atoms with Crippen LogP contribution in [0.25, 0.3) is 6.08 Å². The monoisotopic (exact) mass is 337 g/mol. The Bertz CT molecular complexity index is 781. The summed E-state index contributed by atoms with van der Waals surface area (Å²) in [4.78, 5) is 22.9. The summed E-state index contributed by atoms with van der Waals surface area (Å²) in [6.07, 6.45) is 3.26. The van der Waals surface area contributed by atoms with Gasteiger partial charge in [0.25, 0.3) is 0 Å². The second-order valence-corrected chi connectivity index (χ2v) is 5.23. The number of rotatable bonds is 6. The summed E-state index contributed by atoms with van der Waals surface area (Å²) in [5.41, 5.74) is 2.81. The number of carboxylic acids is 1. The van der Waals surface area contributed by atoms with Gasteiger partial charge in [-0.25, -0.2) is 14.6 Å². The maximum atomic E-state index is 12.0. The smallest absolute Gasteiger partial charge is 0.337 e. The van der Waals surface area contributed by atoms with Gasteiger partial charge in [-0.1, -0.05) is 49.1 Å². The molecule has 0 aromatic heterocycles. The highest BCUT2D eigenvalue weighted by atomic mass is 16.4. The number of hydrazone groups is 1. The summed E-state index contributed by atoms with van der Waals surface area (Å²) in [5.74, 6) is -0.988. The number of hydrogen-bond donors (Lipinski definition) is 2. The molecule has 2 aromatic rings. The Morgan fingerprint density at radius 1 is 1.12 bits per heavy atom. The van der Waals surface area contributed by atoms with Crippen molar-refractivity contribution in [2.24, 2.45) is 5.10 Å².